The molecule has 1 N–H and O–H groups in total. The molecule has 1 heterocycles. The minimum Gasteiger partial charge on any atom is -0.478 e. The highest BCUT2D eigenvalue weighted by Crippen LogP contribution is 2.29. The van der Waals surface area contributed by atoms with Crippen LogP contribution < -0.4 is 0 Å². The monoisotopic (exact) mass is 218 g/mol. The van der Waals surface area contributed by atoms with Gasteiger partial charge >= 0.3 is 5.97 Å². The van der Waals surface area contributed by atoms with E-state index in [4.69, 9.17) is 5.11 Å². The van der Waals surface area contributed by atoms with Gasteiger partial charge in [0.1, 0.15) is 0 Å². The summed E-state index contributed by atoms with van der Waals surface area (Å²) >= 11 is 1.59. The second-order valence-electron chi connectivity index (χ2n) is 3.32. The Balaban J connectivity index is 2.63. The van der Waals surface area contributed by atoms with Crippen LogP contribution in [0.4, 0.5) is 0 Å². The topological polar surface area (TPSA) is 37.3 Å². The number of hydrogen-bond donors (Lipinski definition) is 1. The zero-order valence-corrected chi connectivity index (χ0v) is 9.04. The zero-order chi connectivity index (χ0) is 10.8. The molecular weight excluding hydrogens is 208 g/mol. The van der Waals surface area contributed by atoms with Crippen LogP contribution >= 0.6 is 11.3 Å². The van der Waals surface area contributed by atoms with Gasteiger partial charge in [-0.2, -0.15) is 11.3 Å². The van der Waals surface area contributed by atoms with Gasteiger partial charge < -0.3 is 5.11 Å². The van der Waals surface area contributed by atoms with E-state index in [1.165, 1.54) is 0 Å². The fourth-order valence-corrected chi connectivity index (χ4v) is 2.39. The van der Waals surface area contributed by atoms with Gasteiger partial charge in [-0.15, -0.1) is 0 Å². The average molecular weight is 218 g/mol. The first-order valence-corrected chi connectivity index (χ1v) is 5.50. The second-order valence-corrected chi connectivity index (χ2v) is 4.06. The van der Waals surface area contributed by atoms with Crippen LogP contribution in [0.1, 0.15) is 15.9 Å². The molecule has 76 valence electrons. The lowest BCUT2D eigenvalue weighted by Crippen LogP contribution is -1.98. The van der Waals surface area contributed by atoms with Crippen LogP contribution in [0.2, 0.25) is 0 Å². The van der Waals surface area contributed by atoms with Gasteiger partial charge in [-0.1, -0.05) is 18.2 Å². The zero-order valence-electron chi connectivity index (χ0n) is 8.23. The van der Waals surface area contributed by atoms with E-state index in [-0.39, 0.29) is 0 Å². The highest BCUT2D eigenvalue weighted by molar-refractivity contribution is 7.08. The van der Waals surface area contributed by atoms with E-state index in [9.17, 15) is 4.79 Å². The Morgan fingerprint density at radius 2 is 1.93 bits per heavy atom. The highest BCUT2D eigenvalue weighted by Gasteiger charge is 2.12. The van der Waals surface area contributed by atoms with E-state index in [2.05, 4.69) is 0 Å². The van der Waals surface area contributed by atoms with Crippen molar-refractivity contribution in [2.45, 2.75) is 6.92 Å². The Hall–Kier alpha value is -1.61. The minimum atomic E-state index is -0.879. The molecule has 3 heteroatoms. The van der Waals surface area contributed by atoms with Crippen molar-refractivity contribution in [3.63, 3.8) is 0 Å². The molecular formula is C12H10O2S. The van der Waals surface area contributed by atoms with Gasteiger partial charge in [0.25, 0.3) is 0 Å². The highest BCUT2D eigenvalue weighted by atomic mass is 32.1. The van der Waals surface area contributed by atoms with Crippen molar-refractivity contribution in [3.8, 4) is 11.1 Å². The van der Waals surface area contributed by atoms with E-state index in [1.807, 2.05) is 29.8 Å². The summed E-state index contributed by atoms with van der Waals surface area (Å²) in [6, 6.07) is 7.08. The minimum absolute atomic E-state index is 0.360. The molecule has 1 aromatic heterocycles. The average Bonchev–Trinajstić information content (AvgIpc) is 2.64. The summed E-state index contributed by atoms with van der Waals surface area (Å²) in [5, 5.41) is 13.1. The molecule has 0 saturated carbocycles. The third kappa shape index (κ3) is 1.78. The number of hydrogen-bond acceptors (Lipinski definition) is 2. The fourth-order valence-electron chi connectivity index (χ4n) is 1.54. The fraction of sp³-hybridized carbons (Fsp3) is 0.0833. The van der Waals surface area contributed by atoms with Gasteiger partial charge in [0.2, 0.25) is 0 Å². The van der Waals surface area contributed by atoms with Crippen LogP contribution in [0.3, 0.4) is 0 Å². The van der Waals surface area contributed by atoms with Gasteiger partial charge in [0.15, 0.2) is 0 Å². The molecule has 0 bridgehead atoms. The van der Waals surface area contributed by atoms with Crippen molar-refractivity contribution >= 4 is 17.3 Å². The third-order valence-electron chi connectivity index (χ3n) is 2.30. The van der Waals surface area contributed by atoms with E-state index < -0.39 is 5.97 Å². The largest absolute Gasteiger partial charge is 0.478 e. The first-order valence-electron chi connectivity index (χ1n) is 4.55. The lowest BCUT2D eigenvalue weighted by molar-refractivity contribution is 0.0698. The molecule has 0 aliphatic heterocycles. The molecule has 0 aliphatic rings. The summed E-state index contributed by atoms with van der Waals surface area (Å²) in [5.41, 5.74) is 3.29. The number of carboxylic acids is 1. The Morgan fingerprint density at radius 3 is 2.53 bits per heavy atom. The molecule has 2 aromatic rings. The molecule has 0 atom stereocenters. The van der Waals surface area contributed by atoms with Crippen LogP contribution in [0.15, 0.2) is 35.0 Å². The summed E-state index contributed by atoms with van der Waals surface area (Å²) in [5.74, 6) is -0.879. The van der Waals surface area contributed by atoms with Gasteiger partial charge in [0, 0.05) is 0 Å². The Labute approximate surface area is 91.8 Å². The number of carbonyl (C=O) groups is 1. The number of aryl methyl sites for hydroxylation is 1. The first-order chi connectivity index (χ1) is 7.20. The summed E-state index contributed by atoms with van der Waals surface area (Å²) in [6.45, 7) is 1.99. The maximum atomic E-state index is 11.0. The number of aromatic carboxylic acids is 1. The smallest absolute Gasteiger partial charge is 0.336 e. The molecule has 0 radical (unpaired) electrons. The summed E-state index contributed by atoms with van der Waals surface area (Å²) in [4.78, 5) is 11.0. The molecule has 0 fully saturated rings. The lowest BCUT2D eigenvalue weighted by atomic mass is 10.00. The Morgan fingerprint density at radius 1 is 1.20 bits per heavy atom. The SMILES string of the molecule is Cc1cscc1-c1ccccc1C(=O)O. The van der Waals surface area contributed by atoms with Crippen molar-refractivity contribution in [2.24, 2.45) is 0 Å². The Kier molecular flexibility index (Phi) is 2.56. The molecule has 0 aliphatic carbocycles. The predicted octanol–water partition coefficient (Wildman–Crippen LogP) is 3.42. The maximum absolute atomic E-state index is 11.0. The quantitative estimate of drug-likeness (QED) is 0.838. The number of benzene rings is 1. The lowest BCUT2D eigenvalue weighted by Gasteiger charge is -2.04. The summed E-state index contributed by atoms with van der Waals surface area (Å²) in [6.07, 6.45) is 0. The van der Waals surface area contributed by atoms with Gasteiger partial charge in [-0.05, 0) is 40.4 Å². The predicted molar refractivity (Wildman–Crippen MR) is 61.5 cm³/mol. The molecule has 0 saturated heterocycles. The molecule has 0 spiro atoms. The van der Waals surface area contributed by atoms with Crippen molar-refractivity contribution < 1.29 is 9.90 Å². The molecule has 0 amide bonds. The number of rotatable bonds is 2. The first kappa shape index (κ1) is 9.93. The van der Waals surface area contributed by atoms with Crippen molar-refractivity contribution in [2.75, 3.05) is 0 Å². The van der Waals surface area contributed by atoms with Crippen molar-refractivity contribution in [3.05, 3.63) is 46.2 Å². The van der Waals surface area contributed by atoms with Gasteiger partial charge in [-0.3, -0.25) is 0 Å². The molecule has 15 heavy (non-hydrogen) atoms. The molecule has 1 aromatic carbocycles. The molecule has 0 unspecified atom stereocenters. The van der Waals surface area contributed by atoms with Crippen molar-refractivity contribution in [1.29, 1.82) is 0 Å². The van der Waals surface area contributed by atoms with E-state index in [1.54, 1.807) is 23.5 Å². The van der Waals surface area contributed by atoms with Crippen molar-refractivity contribution in [1.82, 2.24) is 0 Å². The van der Waals surface area contributed by atoms with Crippen LogP contribution in [0.5, 0.6) is 0 Å². The summed E-state index contributed by atoms with van der Waals surface area (Å²) in [7, 11) is 0. The normalized spacial score (nSPS) is 10.2. The standard InChI is InChI=1S/C12H10O2S/c1-8-6-15-7-11(8)9-4-2-3-5-10(9)12(13)14/h2-7H,1H3,(H,13,14). The van der Waals surface area contributed by atoms with E-state index in [0.29, 0.717) is 5.56 Å². The van der Waals surface area contributed by atoms with Crippen LogP contribution in [0, 0.1) is 6.92 Å². The van der Waals surface area contributed by atoms with Gasteiger partial charge in [-0.25, -0.2) is 4.79 Å². The Bertz CT molecular complexity index is 500. The van der Waals surface area contributed by atoms with Crippen LogP contribution in [0.25, 0.3) is 11.1 Å². The molecule has 2 nitrogen and oxygen atoms in total. The van der Waals surface area contributed by atoms with E-state index in [0.717, 1.165) is 16.7 Å². The number of thiophene rings is 1. The second kappa shape index (κ2) is 3.87. The van der Waals surface area contributed by atoms with Gasteiger partial charge in [0.05, 0.1) is 5.56 Å². The van der Waals surface area contributed by atoms with E-state index >= 15 is 0 Å². The summed E-state index contributed by atoms with van der Waals surface area (Å²) < 4.78 is 0. The van der Waals surface area contributed by atoms with Crippen LogP contribution in [-0.2, 0) is 0 Å². The maximum Gasteiger partial charge on any atom is 0.336 e. The number of carboxylic acid groups (broad SMARTS) is 1. The third-order valence-corrected chi connectivity index (χ3v) is 3.16. The van der Waals surface area contributed by atoms with Crippen LogP contribution in [-0.4, -0.2) is 11.1 Å². The molecule has 2 rings (SSSR count).